The first-order valence-electron chi connectivity index (χ1n) is 4.20. The summed E-state index contributed by atoms with van der Waals surface area (Å²) in [6.45, 7) is 0. The zero-order chi connectivity index (χ0) is 10.9. The fourth-order valence-corrected chi connectivity index (χ4v) is 0.468. The van der Waals surface area contributed by atoms with E-state index in [9.17, 15) is 9.18 Å². The van der Waals surface area contributed by atoms with Gasteiger partial charge in [-0.2, -0.15) is 0 Å². The number of rotatable bonds is 1. The van der Waals surface area contributed by atoms with Gasteiger partial charge in [0.2, 0.25) is 0 Å². The second kappa shape index (κ2) is 3.09. The average molecular weight is 158 g/mol. The van der Waals surface area contributed by atoms with Crippen LogP contribution in [0, 0.1) is 5.82 Å². The van der Waals surface area contributed by atoms with E-state index in [4.69, 9.17) is 4.11 Å². The molecule has 3 nitrogen and oxygen atoms in total. The quantitative estimate of drug-likeness (QED) is 0.572. The molecular weight excluding hydrogens is 149 g/mol. The van der Waals surface area contributed by atoms with Crippen LogP contribution in [0.5, 0.6) is 0 Å². The third kappa shape index (κ3) is 1.73. The molecule has 0 atom stereocenters. The van der Waals surface area contributed by atoms with Crippen molar-refractivity contribution in [2.75, 3.05) is 7.11 Å². The summed E-state index contributed by atoms with van der Waals surface area (Å²) in [5.41, 5.74) is -0.524. The minimum absolute atomic E-state index is 0.524. The van der Waals surface area contributed by atoms with Gasteiger partial charge in [-0.3, -0.25) is 0 Å². The van der Waals surface area contributed by atoms with E-state index in [1.165, 1.54) is 0 Å². The molecule has 0 fully saturated rings. The Bertz CT molecular complexity index is 397. The number of hydrogen-bond donors (Lipinski definition) is 0. The Morgan fingerprint density at radius 3 is 3.18 bits per heavy atom. The SMILES string of the molecule is [2H]c1nc(C(=O)OC)c([2H])c([2H])c1F. The molecule has 0 N–H and O–H groups in total. The number of carbonyl (C=O) groups excluding carboxylic acids is 1. The number of nitrogens with zero attached hydrogens (tertiary/aromatic N) is 1. The van der Waals surface area contributed by atoms with Crippen molar-refractivity contribution in [2.45, 2.75) is 0 Å². The molecule has 0 aromatic carbocycles. The normalized spacial score (nSPS) is 13.1. The molecule has 11 heavy (non-hydrogen) atoms. The van der Waals surface area contributed by atoms with Gasteiger partial charge < -0.3 is 4.74 Å². The number of carbonyl (C=O) groups is 1. The largest absolute Gasteiger partial charge is 0.464 e. The molecule has 0 radical (unpaired) electrons. The van der Waals surface area contributed by atoms with Crippen molar-refractivity contribution in [3.8, 4) is 0 Å². The van der Waals surface area contributed by atoms with Gasteiger partial charge in [-0.1, -0.05) is 0 Å². The summed E-state index contributed by atoms with van der Waals surface area (Å²) in [6, 6.07) is -1.50. The number of esters is 1. The van der Waals surface area contributed by atoms with Gasteiger partial charge in [0.05, 0.1) is 17.4 Å². The maximum Gasteiger partial charge on any atom is 0.356 e. The molecule has 1 rings (SSSR count). The first kappa shape index (κ1) is 4.43. The second-order valence-electron chi connectivity index (χ2n) is 1.63. The molecule has 4 heteroatoms. The Kier molecular flexibility index (Phi) is 1.25. The van der Waals surface area contributed by atoms with Gasteiger partial charge in [-0.05, 0) is 12.1 Å². The molecule has 1 heterocycles. The third-order valence-corrected chi connectivity index (χ3v) is 0.935. The van der Waals surface area contributed by atoms with Crippen LogP contribution in [0.15, 0.2) is 18.3 Å². The molecule has 0 bridgehead atoms. The molecule has 0 aliphatic carbocycles. The Labute approximate surface area is 67.0 Å². The molecule has 58 valence electrons. The summed E-state index contributed by atoms with van der Waals surface area (Å²) in [4.78, 5) is 14.2. The molecule has 0 spiro atoms. The third-order valence-electron chi connectivity index (χ3n) is 0.935. The van der Waals surface area contributed by atoms with E-state index in [2.05, 4.69) is 9.72 Å². The molecule has 1 aromatic rings. The van der Waals surface area contributed by atoms with Gasteiger partial charge in [0.25, 0.3) is 0 Å². The molecule has 0 unspecified atom stereocenters. The van der Waals surface area contributed by atoms with Crippen LogP contribution < -0.4 is 0 Å². The Morgan fingerprint density at radius 2 is 2.55 bits per heavy atom. The molecule has 1 aromatic heterocycles. The van der Waals surface area contributed by atoms with Gasteiger partial charge in [-0.25, -0.2) is 14.2 Å². The van der Waals surface area contributed by atoms with Crippen LogP contribution in [0.4, 0.5) is 4.39 Å². The van der Waals surface area contributed by atoms with E-state index in [0.717, 1.165) is 7.11 Å². The van der Waals surface area contributed by atoms with Crippen LogP contribution in [0.3, 0.4) is 0 Å². The fraction of sp³-hybridized carbons (Fsp3) is 0.143. The number of pyridine rings is 1. The lowest BCUT2D eigenvalue weighted by Crippen LogP contribution is -2.03. The number of methoxy groups -OCH3 is 1. The van der Waals surface area contributed by atoms with E-state index in [0.29, 0.717) is 0 Å². The lowest BCUT2D eigenvalue weighted by molar-refractivity contribution is 0.0594. The van der Waals surface area contributed by atoms with E-state index >= 15 is 0 Å². The molecule has 0 saturated heterocycles. The van der Waals surface area contributed by atoms with Crippen molar-refractivity contribution < 1.29 is 18.0 Å². The first-order valence-corrected chi connectivity index (χ1v) is 2.70. The molecule has 0 aliphatic rings. The van der Waals surface area contributed by atoms with Crippen LogP contribution in [-0.4, -0.2) is 18.1 Å². The smallest absolute Gasteiger partial charge is 0.356 e. The minimum Gasteiger partial charge on any atom is -0.464 e. The zero-order valence-electron chi connectivity index (χ0n) is 8.64. The Hall–Kier alpha value is -1.45. The highest BCUT2D eigenvalue weighted by atomic mass is 19.1. The lowest BCUT2D eigenvalue weighted by Gasteiger charge is -1.95. The topological polar surface area (TPSA) is 39.2 Å². The summed E-state index contributed by atoms with van der Waals surface area (Å²) in [5, 5.41) is 0. The minimum atomic E-state index is -1.22. The maximum atomic E-state index is 12.8. The standard InChI is InChI=1S/C7H6FNO2/c1-11-7(10)6-3-2-5(8)4-9-6/h2-4H,1H3/i2D,3D,4D. The van der Waals surface area contributed by atoms with Gasteiger partial charge >= 0.3 is 5.97 Å². The summed E-state index contributed by atoms with van der Waals surface area (Å²) in [5.74, 6) is -2.18. The van der Waals surface area contributed by atoms with Gasteiger partial charge in [0.1, 0.15) is 11.5 Å². The predicted molar refractivity (Wildman–Crippen MR) is 35.5 cm³/mol. The van der Waals surface area contributed by atoms with Crippen molar-refractivity contribution >= 4 is 5.97 Å². The highest BCUT2D eigenvalue weighted by molar-refractivity contribution is 5.86. The number of halogens is 1. The van der Waals surface area contributed by atoms with Crippen molar-refractivity contribution in [3.05, 3.63) is 29.8 Å². The molecule has 0 saturated carbocycles. The predicted octanol–water partition coefficient (Wildman–Crippen LogP) is 1.01. The summed E-state index contributed by atoms with van der Waals surface area (Å²) in [6.07, 6.45) is -0.841. The number of aromatic nitrogens is 1. The fourth-order valence-electron chi connectivity index (χ4n) is 0.468. The Balaban J connectivity index is 3.40. The Morgan fingerprint density at radius 1 is 1.82 bits per heavy atom. The van der Waals surface area contributed by atoms with Crippen LogP contribution in [0.25, 0.3) is 0 Å². The monoisotopic (exact) mass is 158 g/mol. The maximum absolute atomic E-state index is 12.8. The lowest BCUT2D eigenvalue weighted by atomic mass is 10.3. The highest BCUT2D eigenvalue weighted by Gasteiger charge is 2.04. The van der Waals surface area contributed by atoms with Crippen molar-refractivity contribution in [3.63, 3.8) is 0 Å². The van der Waals surface area contributed by atoms with Crippen molar-refractivity contribution in [1.82, 2.24) is 4.98 Å². The summed E-state index contributed by atoms with van der Waals surface area (Å²) < 4.78 is 38.3. The van der Waals surface area contributed by atoms with Gasteiger partial charge in [0, 0.05) is 0 Å². The zero-order valence-corrected chi connectivity index (χ0v) is 5.64. The number of ether oxygens (including phenoxy) is 1. The van der Waals surface area contributed by atoms with Gasteiger partial charge in [0.15, 0.2) is 0 Å². The molecular formula is C7H6FNO2. The highest BCUT2D eigenvalue weighted by Crippen LogP contribution is 1.98. The van der Waals surface area contributed by atoms with Crippen molar-refractivity contribution in [2.24, 2.45) is 0 Å². The van der Waals surface area contributed by atoms with Crippen LogP contribution in [-0.2, 0) is 4.74 Å². The van der Waals surface area contributed by atoms with E-state index in [-0.39, 0.29) is 0 Å². The van der Waals surface area contributed by atoms with Crippen LogP contribution in [0.1, 0.15) is 14.6 Å². The molecule has 0 aliphatic heterocycles. The number of hydrogen-bond acceptors (Lipinski definition) is 3. The first-order chi connectivity index (χ1) is 6.49. The summed E-state index contributed by atoms with van der Waals surface area (Å²) >= 11 is 0. The van der Waals surface area contributed by atoms with E-state index in [1.54, 1.807) is 0 Å². The van der Waals surface area contributed by atoms with Crippen LogP contribution >= 0.6 is 0 Å². The van der Waals surface area contributed by atoms with Crippen LogP contribution in [0.2, 0.25) is 0 Å². The van der Waals surface area contributed by atoms with Crippen molar-refractivity contribution in [1.29, 1.82) is 0 Å². The summed E-state index contributed by atoms with van der Waals surface area (Å²) in [7, 11) is 1.07. The second-order valence-corrected chi connectivity index (χ2v) is 1.63. The van der Waals surface area contributed by atoms with E-state index < -0.39 is 35.7 Å². The van der Waals surface area contributed by atoms with Gasteiger partial charge in [-0.15, -0.1) is 0 Å². The average Bonchev–Trinajstić information content (AvgIpc) is 2.19. The van der Waals surface area contributed by atoms with E-state index in [1.807, 2.05) is 0 Å². The molecule has 0 amide bonds.